The fourth-order valence-corrected chi connectivity index (χ4v) is 3.34. The molecule has 25 heavy (non-hydrogen) atoms. The molecule has 3 nitrogen and oxygen atoms in total. The SMILES string of the molecule is Cc1ccc2c(c1)[C@@H](NC(=O)Cc1ccc(Cl)cc1F)CC(C)(C)O2. The van der Waals surface area contributed by atoms with Gasteiger partial charge in [0.25, 0.3) is 0 Å². The molecule has 2 aromatic rings. The zero-order chi connectivity index (χ0) is 18.2. The van der Waals surface area contributed by atoms with E-state index in [0.29, 0.717) is 17.0 Å². The van der Waals surface area contributed by atoms with Gasteiger partial charge in [-0.1, -0.05) is 35.4 Å². The molecule has 0 unspecified atom stereocenters. The van der Waals surface area contributed by atoms with Gasteiger partial charge in [0.1, 0.15) is 17.2 Å². The highest BCUT2D eigenvalue weighted by atomic mass is 35.5. The quantitative estimate of drug-likeness (QED) is 0.856. The molecule has 0 spiro atoms. The number of ether oxygens (including phenoxy) is 1. The predicted molar refractivity (Wildman–Crippen MR) is 96.5 cm³/mol. The van der Waals surface area contributed by atoms with Crippen molar-refractivity contribution in [2.75, 3.05) is 0 Å². The van der Waals surface area contributed by atoms with Gasteiger partial charge < -0.3 is 10.1 Å². The summed E-state index contributed by atoms with van der Waals surface area (Å²) in [6, 6.07) is 10.1. The molecule has 1 amide bonds. The number of benzene rings is 2. The third kappa shape index (κ3) is 4.13. The fraction of sp³-hybridized carbons (Fsp3) is 0.350. The molecule has 132 valence electrons. The monoisotopic (exact) mass is 361 g/mol. The van der Waals surface area contributed by atoms with Crippen molar-refractivity contribution in [3.8, 4) is 5.75 Å². The number of amides is 1. The number of carbonyl (C=O) groups excluding carboxylic acids is 1. The Morgan fingerprint density at radius 1 is 1.32 bits per heavy atom. The van der Waals surface area contributed by atoms with Gasteiger partial charge >= 0.3 is 0 Å². The normalized spacial score (nSPS) is 18.2. The summed E-state index contributed by atoms with van der Waals surface area (Å²) in [5.74, 6) is 0.0902. The molecular weight excluding hydrogens is 341 g/mol. The van der Waals surface area contributed by atoms with Crippen LogP contribution in [0.2, 0.25) is 5.02 Å². The Morgan fingerprint density at radius 2 is 2.08 bits per heavy atom. The highest BCUT2D eigenvalue weighted by Crippen LogP contribution is 2.39. The van der Waals surface area contributed by atoms with Crippen molar-refractivity contribution in [2.45, 2.75) is 45.3 Å². The van der Waals surface area contributed by atoms with E-state index in [1.807, 2.05) is 39.0 Å². The Bertz CT molecular complexity index is 819. The molecule has 1 atom stereocenters. The molecule has 0 saturated carbocycles. The van der Waals surface area contributed by atoms with E-state index < -0.39 is 5.82 Å². The van der Waals surface area contributed by atoms with Gasteiger partial charge in [-0.25, -0.2) is 4.39 Å². The molecule has 1 aliphatic rings. The average Bonchev–Trinajstić information content (AvgIpc) is 2.50. The number of carbonyl (C=O) groups is 1. The van der Waals surface area contributed by atoms with E-state index in [4.69, 9.17) is 16.3 Å². The smallest absolute Gasteiger partial charge is 0.225 e. The van der Waals surface area contributed by atoms with Crippen molar-refractivity contribution in [3.05, 3.63) is 63.9 Å². The van der Waals surface area contributed by atoms with Gasteiger partial charge in [0.2, 0.25) is 5.91 Å². The molecule has 5 heteroatoms. The van der Waals surface area contributed by atoms with E-state index in [0.717, 1.165) is 16.9 Å². The lowest BCUT2D eigenvalue weighted by atomic mass is 9.89. The summed E-state index contributed by atoms with van der Waals surface area (Å²) in [5, 5.41) is 3.35. The highest BCUT2D eigenvalue weighted by molar-refractivity contribution is 6.30. The van der Waals surface area contributed by atoms with Crippen LogP contribution in [0.4, 0.5) is 4.39 Å². The number of hydrogen-bond donors (Lipinski definition) is 1. The van der Waals surface area contributed by atoms with Gasteiger partial charge in [0.15, 0.2) is 0 Å². The lowest BCUT2D eigenvalue weighted by Gasteiger charge is -2.38. The Morgan fingerprint density at radius 3 is 2.80 bits per heavy atom. The van der Waals surface area contributed by atoms with Gasteiger partial charge in [-0.05, 0) is 44.5 Å². The zero-order valence-electron chi connectivity index (χ0n) is 14.5. The van der Waals surface area contributed by atoms with E-state index >= 15 is 0 Å². The topological polar surface area (TPSA) is 38.3 Å². The summed E-state index contributed by atoms with van der Waals surface area (Å²) in [7, 11) is 0. The summed E-state index contributed by atoms with van der Waals surface area (Å²) in [6.07, 6.45) is 0.625. The minimum absolute atomic E-state index is 0.0259. The van der Waals surface area contributed by atoms with Crippen molar-refractivity contribution in [1.29, 1.82) is 0 Å². The lowest BCUT2D eigenvalue weighted by Crippen LogP contribution is -2.41. The van der Waals surface area contributed by atoms with Crippen LogP contribution < -0.4 is 10.1 Å². The third-order valence-corrected chi connectivity index (χ3v) is 4.56. The molecule has 1 N–H and O–H groups in total. The summed E-state index contributed by atoms with van der Waals surface area (Å²) in [6.45, 7) is 5.99. The number of halogens is 2. The molecule has 0 saturated heterocycles. The van der Waals surface area contributed by atoms with Crippen LogP contribution in [0.3, 0.4) is 0 Å². The summed E-state index contributed by atoms with van der Waals surface area (Å²) >= 11 is 5.76. The molecule has 1 heterocycles. The molecule has 0 radical (unpaired) electrons. The Balaban J connectivity index is 1.80. The summed E-state index contributed by atoms with van der Waals surface area (Å²) in [5.41, 5.74) is 2.01. The molecule has 0 fully saturated rings. The predicted octanol–water partition coefficient (Wildman–Crippen LogP) is 4.75. The summed E-state index contributed by atoms with van der Waals surface area (Å²) in [4.78, 5) is 12.5. The van der Waals surface area contributed by atoms with Crippen LogP contribution >= 0.6 is 11.6 Å². The largest absolute Gasteiger partial charge is 0.487 e. The minimum atomic E-state index is -0.466. The zero-order valence-corrected chi connectivity index (χ0v) is 15.3. The molecule has 0 bridgehead atoms. The first-order valence-corrected chi connectivity index (χ1v) is 8.64. The number of fused-ring (bicyclic) bond motifs is 1. The number of hydrogen-bond acceptors (Lipinski definition) is 2. The van der Waals surface area contributed by atoms with E-state index in [9.17, 15) is 9.18 Å². The average molecular weight is 362 g/mol. The highest BCUT2D eigenvalue weighted by Gasteiger charge is 2.34. The van der Waals surface area contributed by atoms with Crippen LogP contribution in [-0.4, -0.2) is 11.5 Å². The van der Waals surface area contributed by atoms with Gasteiger partial charge in [-0.3, -0.25) is 4.79 Å². The first kappa shape index (κ1) is 17.7. The van der Waals surface area contributed by atoms with Gasteiger partial charge in [-0.15, -0.1) is 0 Å². The van der Waals surface area contributed by atoms with E-state index in [2.05, 4.69) is 5.32 Å². The van der Waals surface area contributed by atoms with Crippen LogP contribution in [0.25, 0.3) is 0 Å². The molecular formula is C20H21ClFNO2. The van der Waals surface area contributed by atoms with Gasteiger partial charge in [-0.2, -0.15) is 0 Å². The Labute approximate surface area is 152 Å². The van der Waals surface area contributed by atoms with Crippen molar-refractivity contribution >= 4 is 17.5 Å². The lowest BCUT2D eigenvalue weighted by molar-refractivity contribution is -0.121. The maximum Gasteiger partial charge on any atom is 0.225 e. The second-order valence-electron chi connectivity index (χ2n) is 7.14. The Hall–Kier alpha value is -2.07. The summed E-state index contributed by atoms with van der Waals surface area (Å²) < 4.78 is 19.9. The molecule has 3 rings (SSSR count). The van der Waals surface area contributed by atoms with Gasteiger partial charge in [0, 0.05) is 17.0 Å². The second-order valence-corrected chi connectivity index (χ2v) is 7.58. The van der Waals surface area contributed by atoms with Crippen LogP contribution in [-0.2, 0) is 11.2 Å². The van der Waals surface area contributed by atoms with E-state index in [-0.39, 0.29) is 24.0 Å². The van der Waals surface area contributed by atoms with Crippen LogP contribution in [0.15, 0.2) is 36.4 Å². The van der Waals surface area contributed by atoms with Crippen molar-refractivity contribution in [3.63, 3.8) is 0 Å². The first-order chi connectivity index (χ1) is 11.7. The standard InChI is InChI=1S/C20H21ClFNO2/c1-12-4-7-18-15(8-12)17(11-20(2,3)25-18)23-19(24)9-13-5-6-14(21)10-16(13)22/h4-8,10,17H,9,11H2,1-3H3,(H,23,24)/t17-/m0/s1. The Kier molecular flexibility index (Phi) is 4.74. The van der Waals surface area contributed by atoms with Crippen molar-refractivity contribution < 1.29 is 13.9 Å². The van der Waals surface area contributed by atoms with Crippen LogP contribution in [0, 0.1) is 12.7 Å². The maximum absolute atomic E-state index is 13.9. The molecule has 2 aromatic carbocycles. The molecule has 0 aliphatic carbocycles. The van der Waals surface area contributed by atoms with Gasteiger partial charge in [0.05, 0.1) is 12.5 Å². The number of rotatable bonds is 3. The number of nitrogens with one attached hydrogen (secondary N) is 1. The van der Waals surface area contributed by atoms with E-state index in [1.165, 1.54) is 6.07 Å². The fourth-order valence-electron chi connectivity index (χ4n) is 3.19. The van der Waals surface area contributed by atoms with Crippen molar-refractivity contribution in [1.82, 2.24) is 5.32 Å². The second kappa shape index (κ2) is 6.68. The maximum atomic E-state index is 13.9. The molecule has 0 aromatic heterocycles. The number of aryl methyl sites for hydroxylation is 1. The van der Waals surface area contributed by atoms with Crippen molar-refractivity contribution in [2.24, 2.45) is 0 Å². The minimum Gasteiger partial charge on any atom is -0.487 e. The molecule has 1 aliphatic heterocycles. The first-order valence-electron chi connectivity index (χ1n) is 8.26. The van der Waals surface area contributed by atoms with E-state index in [1.54, 1.807) is 12.1 Å². The third-order valence-electron chi connectivity index (χ3n) is 4.32. The van der Waals surface area contributed by atoms with Crippen LogP contribution in [0.1, 0.15) is 43.0 Å². The van der Waals surface area contributed by atoms with Crippen LogP contribution in [0.5, 0.6) is 5.75 Å².